The summed E-state index contributed by atoms with van der Waals surface area (Å²) in [6, 6.07) is 11.6. The number of hydrogen-bond acceptors (Lipinski definition) is 2. The van der Waals surface area contributed by atoms with Gasteiger partial charge in [0.1, 0.15) is 0 Å². The van der Waals surface area contributed by atoms with Gasteiger partial charge < -0.3 is 4.74 Å². The SMILES string of the molecule is C=C(C1=C(C(=O)C(C)(C)C)OCCC1)[Si](C)(C)Cc1ccccc1. The van der Waals surface area contributed by atoms with Gasteiger partial charge in [-0.25, -0.2) is 0 Å². The summed E-state index contributed by atoms with van der Waals surface area (Å²) in [6.45, 7) is 15.6. The summed E-state index contributed by atoms with van der Waals surface area (Å²) < 4.78 is 5.84. The molecule has 1 aliphatic heterocycles. The summed E-state index contributed by atoms with van der Waals surface area (Å²) in [6.07, 6.45) is 1.87. The average Bonchev–Trinajstić information content (AvgIpc) is 2.53. The van der Waals surface area contributed by atoms with E-state index in [1.54, 1.807) is 0 Å². The number of rotatable bonds is 5. The van der Waals surface area contributed by atoms with E-state index in [1.807, 2.05) is 26.8 Å². The molecule has 1 heterocycles. The molecule has 0 saturated heterocycles. The summed E-state index contributed by atoms with van der Waals surface area (Å²) in [7, 11) is -1.77. The van der Waals surface area contributed by atoms with Crippen LogP contribution in [0.3, 0.4) is 0 Å². The van der Waals surface area contributed by atoms with Crippen LogP contribution in [-0.4, -0.2) is 20.5 Å². The van der Waals surface area contributed by atoms with Gasteiger partial charge in [-0.2, -0.15) is 0 Å². The summed E-state index contributed by atoms with van der Waals surface area (Å²) in [4.78, 5) is 12.8. The van der Waals surface area contributed by atoms with E-state index in [4.69, 9.17) is 4.74 Å². The van der Waals surface area contributed by atoms with Crippen molar-refractivity contribution in [2.24, 2.45) is 5.41 Å². The van der Waals surface area contributed by atoms with Crippen LogP contribution in [0.25, 0.3) is 0 Å². The number of hydrogen-bond donors (Lipinski definition) is 0. The largest absolute Gasteiger partial charge is 0.490 e. The molecule has 0 atom stereocenters. The van der Waals surface area contributed by atoms with Gasteiger partial charge in [0.05, 0.1) is 14.7 Å². The normalized spacial score (nSPS) is 15.9. The van der Waals surface area contributed by atoms with Crippen LogP contribution in [0, 0.1) is 5.41 Å². The topological polar surface area (TPSA) is 26.3 Å². The Hall–Kier alpha value is -1.61. The molecule has 0 radical (unpaired) electrons. The van der Waals surface area contributed by atoms with E-state index in [1.165, 1.54) is 10.8 Å². The second-order valence-corrected chi connectivity index (χ2v) is 13.1. The van der Waals surface area contributed by atoms with Crippen LogP contribution >= 0.6 is 0 Å². The molecule has 0 amide bonds. The smallest absolute Gasteiger partial charge is 0.202 e. The minimum Gasteiger partial charge on any atom is -0.490 e. The van der Waals surface area contributed by atoms with Crippen LogP contribution in [0.5, 0.6) is 0 Å². The van der Waals surface area contributed by atoms with Crippen molar-refractivity contribution >= 4 is 13.9 Å². The minimum absolute atomic E-state index is 0.0999. The van der Waals surface area contributed by atoms with Crippen LogP contribution in [0.15, 0.2) is 53.4 Å². The Balaban J connectivity index is 2.33. The summed E-state index contributed by atoms with van der Waals surface area (Å²) in [5.74, 6) is 0.676. The molecular weight excluding hydrogens is 312 g/mol. The van der Waals surface area contributed by atoms with E-state index in [9.17, 15) is 4.79 Å². The van der Waals surface area contributed by atoms with E-state index in [0.717, 1.165) is 24.5 Å². The molecular formula is C21H30O2Si. The van der Waals surface area contributed by atoms with Gasteiger partial charge in [-0.3, -0.25) is 4.79 Å². The lowest BCUT2D eigenvalue weighted by Gasteiger charge is -2.32. The van der Waals surface area contributed by atoms with Crippen molar-refractivity contribution in [2.45, 2.75) is 52.8 Å². The predicted octanol–water partition coefficient (Wildman–Crippen LogP) is 5.25. The maximum absolute atomic E-state index is 12.8. The molecule has 24 heavy (non-hydrogen) atoms. The molecule has 0 aromatic heterocycles. The molecule has 0 N–H and O–H groups in total. The first-order chi connectivity index (χ1) is 11.1. The number of carbonyl (C=O) groups is 1. The fraction of sp³-hybridized carbons (Fsp3) is 0.476. The fourth-order valence-electron chi connectivity index (χ4n) is 3.08. The van der Waals surface area contributed by atoms with Crippen LogP contribution in [-0.2, 0) is 15.6 Å². The molecule has 0 fully saturated rings. The molecule has 1 aromatic carbocycles. The molecule has 0 saturated carbocycles. The van der Waals surface area contributed by atoms with Crippen molar-refractivity contribution in [3.63, 3.8) is 0 Å². The minimum atomic E-state index is -1.77. The zero-order valence-electron chi connectivity index (χ0n) is 15.7. The van der Waals surface area contributed by atoms with Crippen molar-refractivity contribution in [3.8, 4) is 0 Å². The monoisotopic (exact) mass is 342 g/mol. The highest BCUT2D eigenvalue weighted by Gasteiger charge is 2.35. The third-order valence-electron chi connectivity index (χ3n) is 4.65. The van der Waals surface area contributed by atoms with E-state index in [0.29, 0.717) is 12.4 Å². The highest BCUT2D eigenvalue weighted by Crippen LogP contribution is 2.35. The Kier molecular flexibility index (Phi) is 5.54. The lowest BCUT2D eigenvalue weighted by atomic mass is 9.87. The average molecular weight is 343 g/mol. The quantitative estimate of drug-likeness (QED) is 0.683. The van der Waals surface area contributed by atoms with Crippen LogP contribution in [0.1, 0.15) is 39.2 Å². The first-order valence-corrected chi connectivity index (χ1v) is 12.0. The van der Waals surface area contributed by atoms with Crippen LogP contribution in [0.2, 0.25) is 13.1 Å². The molecule has 3 heteroatoms. The molecule has 2 nitrogen and oxygen atoms in total. The molecule has 130 valence electrons. The van der Waals surface area contributed by atoms with Gasteiger partial charge in [0, 0.05) is 5.41 Å². The van der Waals surface area contributed by atoms with Gasteiger partial charge in [-0.1, -0.05) is 81.5 Å². The number of ether oxygens (including phenoxy) is 1. The second kappa shape index (κ2) is 7.10. The van der Waals surface area contributed by atoms with Crippen molar-refractivity contribution in [3.05, 3.63) is 59.0 Å². The highest BCUT2D eigenvalue weighted by molar-refractivity contribution is 6.84. The van der Waals surface area contributed by atoms with Crippen molar-refractivity contribution in [1.82, 2.24) is 0 Å². The molecule has 0 bridgehead atoms. The third-order valence-corrected chi connectivity index (χ3v) is 7.88. The van der Waals surface area contributed by atoms with Crippen molar-refractivity contribution < 1.29 is 9.53 Å². The van der Waals surface area contributed by atoms with Gasteiger partial charge in [-0.15, -0.1) is 0 Å². The van der Waals surface area contributed by atoms with Gasteiger partial charge in [0.2, 0.25) is 5.78 Å². The van der Waals surface area contributed by atoms with Crippen LogP contribution in [0.4, 0.5) is 0 Å². The number of carbonyl (C=O) groups excluding carboxylic acids is 1. The molecule has 2 rings (SSSR count). The zero-order chi connectivity index (χ0) is 18.0. The third kappa shape index (κ3) is 4.26. The van der Waals surface area contributed by atoms with Gasteiger partial charge in [0.15, 0.2) is 5.76 Å². The Labute approximate surface area is 147 Å². The van der Waals surface area contributed by atoms with Gasteiger partial charge in [-0.05, 0) is 24.5 Å². The summed E-state index contributed by atoms with van der Waals surface area (Å²) in [5, 5.41) is 1.17. The Morgan fingerprint density at radius 1 is 1.21 bits per heavy atom. The maximum atomic E-state index is 12.8. The van der Waals surface area contributed by atoms with Crippen LogP contribution < -0.4 is 0 Å². The number of Topliss-reactive ketones (excluding diaryl/α,β-unsaturated/α-hetero) is 1. The molecule has 0 unspecified atom stereocenters. The van der Waals surface area contributed by atoms with Crippen molar-refractivity contribution in [2.75, 3.05) is 6.61 Å². The Morgan fingerprint density at radius 2 is 1.83 bits per heavy atom. The fourth-order valence-corrected chi connectivity index (χ4v) is 5.60. The van der Waals surface area contributed by atoms with E-state index in [-0.39, 0.29) is 5.78 Å². The number of benzene rings is 1. The standard InChI is InChI=1S/C21H30O2Si/c1-16(24(5,6)15-17-11-8-7-9-12-17)18-13-10-14-23-19(18)20(22)21(2,3)4/h7-9,11-12H,1,10,13-15H2,2-6H3. The maximum Gasteiger partial charge on any atom is 0.202 e. The molecule has 0 spiro atoms. The molecule has 1 aliphatic rings. The second-order valence-electron chi connectivity index (χ2n) is 8.36. The Bertz CT molecular complexity index is 648. The van der Waals surface area contributed by atoms with E-state index < -0.39 is 13.5 Å². The first kappa shape index (κ1) is 18.7. The number of ketones is 1. The van der Waals surface area contributed by atoms with Gasteiger partial charge >= 0.3 is 0 Å². The Morgan fingerprint density at radius 3 is 2.42 bits per heavy atom. The summed E-state index contributed by atoms with van der Waals surface area (Å²) in [5.41, 5.74) is 1.99. The number of allylic oxidation sites excluding steroid dienone is 3. The van der Waals surface area contributed by atoms with Gasteiger partial charge in [0.25, 0.3) is 0 Å². The van der Waals surface area contributed by atoms with E-state index in [2.05, 4.69) is 43.9 Å². The summed E-state index contributed by atoms with van der Waals surface area (Å²) >= 11 is 0. The lowest BCUT2D eigenvalue weighted by Crippen LogP contribution is -2.36. The van der Waals surface area contributed by atoms with Crippen molar-refractivity contribution in [1.29, 1.82) is 0 Å². The van der Waals surface area contributed by atoms with E-state index >= 15 is 0 Å². The molecule has 1 aromatic rings. The zero-order valence-corrected chi connectivity index (χ0v) is 16.7. The molecule has 0 aliphatic carbocycles. The predicted molar refractivity (Wildman–Crippen MR) is 103 cm³/mol. The lowest BCUT2D eigenvalue weighted by molar-refractivity contribution is -0.126. The first-order valence-electron chi connectivity index (χ1n) is 8.77. The highest BCUT2D eigenvalue weighted by atomic mass is 28.3.